The maximum atomic E-state index is 13.3. The topological polar surface area (TPSA) is 103 Å². The number of amides is 3. The summed E-state index contributed by atoms with van der Waals surface area (Å²) in [4.78, 5) is 44.0. The van der Waals surface area contributed by atoms with Crippen molar-refractivity contribution in [2.45, 2.75) is 6.04 Å². The van der Waals surface area contributed by atoms with Crippen LogP contribution in [0.5, 0.6) is 11.5 Å². The number of carbonyl (C=O) groups is 3. The molecule has 1 unspecified atom stereocenters. The molecule has 9 nitrogen and oxygen atoms in total. The summed E-state index contributed by atoms with van der Waals surface area (Å²) >= 11 is 0. The van der Waals surface area contributed by atoms with Gasteiger partial charge in [0.25, 0.3) is 17.7 Å². The van der Waals surface area contributed by atoms with Crippen molar-refractivity contribution >= 4 is 17.7 Å². The zero-order valence-corrected chi connectivity index (χ0v) is 19.1. The maximum Gasteiger partial charge on any atom is 0.261 e. The van der Waals surface area contributed by atoms with Crippen LogP contribution in [0.3, 0.4) is 0 Å². The van der Waals surface area contributed by atoms with E-state index in [0.29, 0.717) is 22.9 Å². The van der Waals surface area contributed by atoms with Gasteiger partial charge in [-0.1, -0.05) is 6.08 Å². The molecule has 34 heavy (non-hydrogen) atoms. The lowest BCUT2D eigenvalue weighted by Gasteiger charge is -2.20. The Bertz CT molecular complexity index is 1270. The van der Waals surface area contributed by atoms with Crippen molar-refractivity contribution in [3.63, 3.8) is 0 Å². The Morgan fingerprint density at radius 3 is 2.35 bits per heavy atom. The summed E-state index contributed by atoms with van der Waals surface area (Å²) in [7, 11) is 4.92. The van der Waals surface area contributed by atoms with Crippen LogP contribution in [0.1, 0.15) is 48.5 Å². The molecule has 3 amide bonds. The molecule has 1 atom stereocenters. The third-order valence-electron chi connectivity index (χ3n) is 5.64. The van der Waals surface area contributed by atoms with Gasteiger partial charge in [0.2, 0.25) is 0 Å². The van der Waals surface area contributed by atoms with E-state index in [0.717, 1.165) is 4.90 Å². The van der Waals surface area contributed by atoms with Crippen molar-refractivity contribution in [3.8, 4) is 11.5 Å². The van der Waals surface area contributed by atoms with Gasteiger partial charge in [-0.15, -0.1) is 6.58 Å². The van der Waals surface area contributed by atoms with Gasteiger partial charge in [-0.2, -0.15) is 0 Å². The summed E-state index contributed by atoms with van der Waals surface area (Å²) in [5.74, 6) is 0.431. The molecule has 9 heteroatoms. The lowest BCUT2D eigenvalue weighted by atomic mass is 10.0. The lowest BCUT2D eigenvalue weighted by molar-refractivity contribution is 0.0672. The number of hydrogen-bond acceptors (Lipinski definition) is 6. The summed E-state index contributed by atoms with van der Waals surface area (Å²) in [6.45, 7) is 3.69. The maximum absolute atomic E-state index is 13.3. The standard InChI is InChI=1S/C25H24N4O5/c1-5-9-29-24(31)19-7-6-15(13-20(19)25(29)32)23(30)27-21(22-26-8-10-28(22)2)16-11-17(33-3)14-18(12-16)34-4/h5-8,10-14,21H,1,9H2,2-4H3,(H,27,30). The number of imide groups is 1. The number of aromatic nitrogens is 2. The molecule has 0 aliphatic carbocycles. The number of aryl methyl sites for hydroxylation is 1. The number of hydrogen-bond donors (Lipinski definition) is 1. The first-order valence-electron chi connectivity index (χ1n) is 10.5. The Hall–Kier alpha value is -4.40. The molecule has 0 bridgehead atoms. The highest BCUT2D eigenvalue weighted by molar-refractivity contribution is 6.22. The summed E-state index contributed by atoms with van der Waals surface area (Å²) in [6.07, 6.45) is 4.90. The normalized spacial score (nSPS) is 13.4. The molecule has 3 aromatic rings. The van der Waals surface area contributed by atoms with Crippen LogP contribution in [0.15, 0.2) is 61.4 Å². The third kappa shape index (κ3) is 4.03. The minimum atomic E-state index is -0.639. The first-order chi connectivity index (χ1) is 16.4. The first-order valence-corrected chi connectivity index (χ1v) is 10.5. The Labute approximate surface area is 196 Å². The number of nitrogens with one attached hydrogen (secondary N) is 1. The Kier molecular flexibility index (Phi) is 6.18. The van der Waals surface area contributed by atoms with Gasteiger partial charge in [0.15, 0.2) is 0 Å². The lowest BCUT2D eigenvalue weighted by Crippen LogP contribution is -2.31. The van der Waals surface area contributed by atoms with E-state index in [2.05, 4.69) is 16.9 Å². The van der Waals surface area contributed by atoms with Crippen molar-refractivity contribution < 1.29 is 23.9 Å². The summed E-state index contributed by atoms with van der Waals surface area (Å²) < 4.78 is 12.6. The van der Waals surface area contributed by atoms with Crippen molar-refractivity contribution in [3.05, 3.63) is 89.5 Å². The highest BCUT2D eigenvalue weighted by Crippen LogP contribution is 2.30. The second kappa shape index (κ2) is 9.22. The van der Waals surface area contributed by atoms with Crippen LogP contribution in [0, 0.1) is 0 Å². The molecule has 174 valence electrons. The van der Waals surface area contributed by atoms with Gasteiger partial charge in [-0.05, 0) is 35.9 Å². The van der Waals surface area contributed by atoms with E-state index in [4.69, 9.17) is 9.47 Å². The Balaban J connectivity index is 1.70. The largest absolute Gasteiger partial charge is 0.497 e. The molecule has 4 rings (SSSR count). The highest BCUT2D eigenvalue weighted by atomic mass is 16.5. The monoisotopic (exact) mass is 460 g/mol. The van der Waals surface area contributed by atoms with E-state index in [1.165, 1.54) is 24.3 Å². The smallest absolute Gasteiger partial charge is 0.261 e. The van der Waals surface area contributed by atoms with Crippen LogP contribution in [-0.2, 0) is 7.05 Å². The fourth-order valence-corrected chi connectivity index (χ4v) is 3.89. The van der Waals surface area contributed by atoms with Crippen LogP contribution in [-0.4, -0.2) is 52.9 Å². The van der Waals surface area contributed by atoms with Crippen molar-refractivity contribution in [2.75, 3.05) is 20.8 Å². The van der Waals surface area contributed by atoms with E-state index in [1.54, 1.807) is 49.4 Å². The number of ether oxygens (including phenoxy) is 2. The number of methoxy groups -OCH3 is 2. The van der Waals surface area contributed by atoms with Crippen molar-refractivity contribution in [1.29, 1.82) is 0 Å². The van der Waals surface area contributed by atoms with E-state index in [9.17, 15) is 14.4 Å². The molecule has 1 aliphatic rings. The summed E-state index contributed by atoms with van der Waals surface area (Å²) in [5.41, 5.74) is 1.40. The molecule has 0 saturated heterocycles. The second-order valence-corrected chi connectivity index (χ2v) is 7.72. The van der Waals surface area contributed by atoms with E-state index in [-0.39, 0.29) is 23.2 Å². The number of rotatable bonds is 8. The predicted octanol–water partition coefficient (Wildman–Crippen LogP) is 2.74. The molecule has 2 aromatic carbocycles. The van der Waals surface area contributed by atoms with Crippen LogP contribution in [0.4, 0.5) is 0 Å². The number of fused-ring (bicyclic) bond motifs is 1. The van der Waals surface area contributed by atoms with Crippen LogP contribution >= 0.6 is 0 Å². The molecule has 1 aromatic heterocycles. The van der Waals surface area contributed by atoms with Gasteiger partial charge < -0.3 is 19.4 Å². The van der Waals surface area contributed by atoms with Crippen LogP contribution in [0.25, 0.3) is 0 Å². The van der Waals surface area contributed by atoms with E-state index >= 15 is 0 Å². The fraction of sp³-hybridized carbons (Fsp3) is 0.200. The molecule has 0 fully saturated rings. The van der Waals surface area contributed by atoms with E-state index < -0.39 is 23.8 Å². The second-order valence-electron chi connectivity index (χ2n) is 7.72. The van der Waals surface area contributed by atoms with Crippen LogP contribution in [0.2, 0.25) is 0 Å². The molecule has 1 N–H and O–H groups in total. The predicted molar refractivity (Wildman–Crippen MR) is 124 cm³/mol. The molecule has 0 spiro atoms. The molecule has 2 heterocycles. The van der Waals surface area contributed by atoms with Crippen LogP contribution < -0.4 is 14.8 Å². The zero-order valence-electron chi connectivity index (χ0n) is 19.1. The fourth-order valence-electron chi connectivity index (χ4n) is 3.89. The molecule has 0 saturated carbocycles. The number of imidazole rings is 1. The molecule has 1 aliphatic heterocycles. The first kappa shape index (κ1) is 22.8. The van der Waals surface area contributed by atoms with Gasteiger partial charge in [-0.25, -0.2) is 4.98 Å². The van der Waals surface area contributed by atoms with Crippen molar-refractivity contribution in [2.24, 2.45) is 7.05 Å². The van der Waals surface area contributed by atoms with Gasteiger partial charge in [0.05, 0.1) is 25.3 Å². The summed E-state index contributed by atoms with van der Waals surface area (Å²) in [5, 5.41) is 2.99. The average Bonchev–Trinajstić information content (AvgIpc) is 3.38. The Morgan fingerprint density at radius 2 is 1.76 bits per heavy atom. The minimum Gasteiger partial charge on any atom is -0.497 e. The number of carbonyl (C=O) groups excluding carboxylic acids is 3. The third-order valence-corrected chi connectivity index (χ3v) is 5.64. The molecular weight excluding hydrogens is 436 g/mol. The SMILES string of the molecule is C=CCN1C(=O)c2ccc(C(=O)NC(c3cc(OC)cc(OC)c3)c3nccn3C)cc2C1=O. The zero-order chi connectivity index (χ0) is 24.4. The number of nitrogens with zero attached hydrogens (tertiary/aromatic N) is 3. The quantitative estimate of drug-likeness (QED) is 0.410. The average molecular weight is 460 g/mol. The van der Waals surface area contributed by atoms with Gasteiger partial charge in [-0.3, -0.25) is 19.3 Å². The summed E-state index contributed by atoms with van der Waals surface area (Å²) in [6, 6.07) is 9.14. The highest BCUT2D eigenvalue weighted by Gasteiger charge is 2.35. The van der Waals surface area contributed by atoms with Gasteiger partial charge in [0.1, 0.15) is 23.4 Å². The van der Waals surface area contributed by atoms with Crippen molar-refractivity contribution in [1.82, 2.24) is 19.8 Å². The minimum absolute atomic E-state index is 0.104. The Morgan fingerprint density at radius 1 is 1.09 bits per heavy atom. The number of benzene rings is 2. The van der Waals surface area contributed by atoms with E-state index in [1.807, 2.05) is 7.05 Å². The van der Waals surface area contributed by atoms with Gasteiger partial charge >= 0.3 is 0 Å². The molecular formula is C25H24N4O5. The molecule has 0 radical (unpaired) electrons. The van der Waals surface area contributed by atoms with Gasteiger partial charge in [0, 0.05) is 37.6 Å².